The summed E-state index contributed by atoms with van der Waals surface area (Å²) >= 11 is 0. The van der Waals surface area contributed by atoms with Crippen molar-refractivity contribution in [2.75, 3.05) is 0 Å². The smallest absolute Gasteiger partial charge is 0.339 e. The molecule has 3 aliphatic rings. The molecule has 0 radical (unpaired) electrons. The van der Waals surface area contributed by atoms with E-state index in [1.807, 2.05) is 31.2 Å². The Labute approximate surface area is 203 Å². The molecular weight excluding hydrogens is 424 g/mol. The lowest BCUT2D eigenvalue weighted by molar-refractivity contribution is -0.157. The molecule has 1 N–H and O–H groups in total. The Hall–Kier alpha value is -2.20. The second kappa shape index (κ2) is 8.48. The number of carbonyl (C=O) groups excluding carboxylic acids is 1. The van der Waals surface area contributed by atoms with Crippen molar-refractivity contribution >= 4 is 11.4 Å². The molecule has 3 saturated carbocycles. The summed E-state index contributed by atoms with van der Waals surface area (Å²) in [6.45, 7) is 14.8. The molecule has 0 spiro atoms. The van der Waals surface area contributed by atoms with Crippen LogP contribution in [0.15, 0.2) is 50.7 Å². The number of aliphatic hydroxyl groups is 1. The number of aliphatic hydroxyl groups excluding tert-OH is 1. The van der Waals surface area contributed by atoms with E-state index in [0.29, 0.717) is 29.6 Å². The van der Waals surface area contributed by atoms with Crippen LogP contribution in [0.25, 0.3) is 5.57 Å². The number of allylic oxidation sites excluding steroid dienone is 6. The third-order valence-corrected chi connectivity index (χ3v) is 9.75. The predicted octanol–water partition coefficient (Wildman–Crippen LogP) is 6.42. The fourth-order valence-corrected chi connectivity index (χ4v) is 7.77. The van der Waals surface area contributed by atoms with Gasteiger partial charge in [0.1, 0.15) is 5.76 Å². The third kappa shape index (κ3) is 3.79. The molecule has 1 aromatic heterocycles. The first-order valence-electron chi connectivity index (χ1n) is 12.7. The minimum absolute atomic E-state index is 0.0661. The zero-order valence-corrected chi connectivity index (χ0v) is 21.8. The molecule has 0 bridgehead atoms. The zero-order valence-electron chi connectivity index (χ0n) is 21.8. The van der Waals surface area contributed by atoms with Crippen molar-refractivity contribution in [1.29, 1.82) is 0 Å². The van der Waals surface area contributed by atoms with Gasteiger partial charge in [0, 0.05) is 23.0 Å². The number of hydrogen-bond acceptors (Lipinski definition) is 4. The van der Waals surface area contributed by atoms with Gasteiger partial charge in [0.25, 0.3) is 0 Å². The molecule has 0 aromatic carbocycles. The highest BCUT2D eigenvalue weighted by Crippen LogP contribution is 2.69. The van der Waals surface area contributed by atoms with Gasteiger partial charge in [-0.3, -0.25) is 4.79 Å². The van der Waals surface area contributed by atoms with Crippen molar-refractivity contribution in [3.8, 4) is 0 Å². The first kappa shape index (κ1) is 24.9. The van der Waals surface area contributed by atoms with Crippen LogP contribution >= 0.6 is 0 Å². The average Bonchev–Trinajstić information content (AvgIpc) is 3.04. The number of aryl methyl sites for hydroxylation is 1. The van der Waals surface area contributed by atoms with E-state index in [-0.39, 0.29) is 33.8 Å². The van der Waals surface area contributed by atoms with Gasteiger partial charge >= 0.3 is 5.63 Å². The summed E-state index contributed by atoms with van der Waals surface area (Å²) in [5.74, 6) is 1.59. The van der Waals surface area contributed by atoms with E-state index in [9.17, 15) is 14.7 Å². The minimum atomic E-state index is -0.314. The van der Waals surface area contributed by atoms with Crippen LogP contribution in [-0.4, -0.2) is 17.0 Å². The van der Waals surface area contributed by atoms with E-state index in [4.69, 9.17) is 4.42 Å². The summed E-state index contributed by atoms with van der Waals surface area (Å²) in [6, 6.07) is 3.59. The Kier molecular flexibility index (Phi) is 6.21. The molecule has 4 rings (SSSR count). The van der Waals surface area contributed by atoms with Gasteiger partial charge in [-0.25, -0.2) is 4.79 Å². The van der Waals surface area contributed by atoms with Crippen LogP contribution < -0.4 is 5.63 Å². The highest BCUT2D eigenvalue weighted by atomic mass is 16.4. The molecule has 0 aliphatic heterocycles. The fourth-order valence-electron chi connectivity index (χ4n) is 7.77. The first-order valence-corrected chi connectivity index (χ1v) is 12.7. The molecule has 0 amide bonds. The monoisotopic (exact) mass is 464 g/mol. The SMILES string of the molecule is CC(/C=C/C=C(\C)c1ccc(C)c(=O)o1)=C1/C(=O)C[C@H]2[C@@]3(C)CC[C@H](O)C(C)(C)[C@@H]3CC[C@]12C. The van der Waals surface area contributed by atoms with E-state index in [2.05, 4.69) is 34.6 Å². The molecule has 0 saturated heterocycles. The Morgan fingerprint density at radius 2 is 1.76 bits per heavy atom. The summed E-state index contributed by atoms with van der Waals surface area (Å²) in [5, 5.41) is 10.7. The molecular formula is C30H40O4. The van der Waals surface area contributed by atoms with Crippen LogP contribution in [0, 0.1) is 35.0 Å². The zero-order chi connectivity index (χ0) is 25.1. The van der Waals surface area contributed by atoms with Crippen molar-refractivity contribution in [1.82, 2.24) is 0 Å². The summed E-state index contributed by atoms with van der Waals surface area (Å²) in [4.78, 5) is 25.2. The van der Waals surface area contributed by atoms with Crippen LogP contribution in [-0.2, 0) is 4.79 Å². The second-order valence-corrected chi connectivity index (χ2v) is 12.1. The lowest BCUT2D eigenvalue weighted by atomic mass is 9.43. The number of hydrogen-bond donors (Lipinski definition) is 1. The van der Waals surface area contributed by atoms with Gasteiger partial charge in [0.2, 0.25) is 0 Å². The highest BCUT2D eigenvalue weighted by Gasteiger charge is 2.64. The van der Waals surface area contributed by atoms with Crippen LogP contribution in [0.1, 0.15) is 85.0 Å². The maximum absolute atomic E-state index is 13.4. The summed E-state index contributed by atoms with van der Waals surface area (Å²) < 4.78 is 5.37. The molecule has 4 heteroatoms. The van der Waals surface area contributed by atoms with Crippen molar-refractivity contribution in [2.45, 2.75) is 86.7 Å². The molecule has 3 fully saturated rings. The third-order valence-electron chi connectivity index (χ3n) is 9.75. The van der Waals surface area contributed by atoms with Gasteiger partial charge in [0.05, 0.1) is 6.10 Å². The largest absolute Gasteiger partial charge is 0.423 e. The minimum Gasteiger partial charge on any atom is -0.423 e. The van der Waals surface area contributed by atoms with E-state index < -0.39 is 0 Å². The van der Waals surface area contributed by atoms with E-state index in [1.54, 1.807) is 13.0 Å². The Morgan fingerprint density at radius 1 is 1.06 bits per heavy atom. The number of ketones is 1. The molecule has 1 heterocycles. The summed E-state index contributed by atoms with van der Waals surface area (Å²) in [5.41, 5.74) is 2.98. The van der Waals surface area contributed by atoms with Crippen molar-refractivity contribution < 1.29 is 14.3 Å². The normalized spacial score (nSPS) is 37.0. The van der Waals surface area contributed by atoms with Crippen molar-refractivity contribution in [3.05, 3.63) is 63.3 Å². The molecule has 34 heavy (non-hydrogen) atoms. The van der Waals surface area contributed by atoms with Gasteiger partial charge < -0.3 is 9.52 Å². The van der Waals surface area contributed by atoms with Gasteiger partial charge in [0.15, 0.2) is 5.78 Å². The lowest BCUT2D eigenvalue weighted by Crippen LogP contribution is -2.57. The van der Waals surface area contributed by atoms with Gasteiger partial charge in [-0.1, -0.05) is 45.9 Å². The Morgan fingerprint density at radius 3 is 2.44 bits per heavy atom. The number of fused-ring (bicyclic) bond motifs is 3. The van der Waals surface area contributed by atoms with Gasteiger partial charge in [-0.15, -0.1) is 0 Å². The molecule has 3 aliphatic carbocycles. The average molecular weight is 465 g/mol. The number of carbonyl (C=O) groups is 1. The molecule has 5 atom stereocenters. The van der Waals surface area contributed by atoms with Crippen molar-refractivity contribution in [2.24, 2.45) is 28.1 Å². The van der Waals surface area contributed by atoms with Crippen LogP contribution in [0.3, 0.4) is 0 Å². The standard InChI is InChI=1S/C30H40O4/c1-18(22-12-11-20(3)27(33)34-22)9-8-10-19(2)26-21(31)17-24-29(6)16-14-25(32)28(4,5)23(29)13-15-30(24,26)7/h8-12,23-25,32H,13-17H2,1-7H3/b10-8+,18-9+,26-19+/t23-,24-,25-,29-,30-/m0/s1. The molecule has 184 valence electrons. The fraction of sp³-hybridized carbons (Fsp3) is 0.600. The maximum Gasteiger partial charge on any atom is 0.339 e. The Balaban J connectivity index is 1.64. The second-order valence-electron chi connectivity index (χ2n) is 12.1. The summed E-state index contributed by atoms with van der Waals surface area (Å²) in [6.07, 6.45) is 10.1. The van der Waals surface area contributed by atoms with E-state index in [1.165, 1.54) is 0 Å². The maximum atomic E-state index is 13.4. The van der Waals surface area contributed by atoms with Gasteiger partial charge in [-0.05, 0) is 92.4 Å². The first-order chi connectivity index (χ1) is 15.8. The number of Topliss-reactive ketones (excluding diaryl/α,β-unsaturated/α-hetero) is 1. The van der Waals surface area contributed by atoms with Crippen molar-refractivity contribution in [3.63, 3.8) is 0 Å². The van der Waals surface area contributed by atoms with E-state index >= 15 is 0 Å². The topological polar surface area (TPSA) is 67.5 Å². The Bertz CT molecular complexity index is 1150. The highest BCUT2D eigenvalue weighted by molar-refractivity contribution is 6.00. The summed E-state index contributed by atoms with van der Waals surface area (Å²) in [7, 11) is 0. The quantitative estimate of drug-likeness (QED) is 0.414. The van der Waals surface area contributed by atoms with Crippen LogP contribution in [0.4, 0.5) is 0 Å². The van der Waals surface area contributed by atoms with E-state index in [0.717, 1.165) is 42.4 Å². The predicted molar refractivity (Wildman–Crippen MR) is 136 cm³/mol. The molecule has 1 aromatic rings. The number of rotatable bonds is 3. The molecule has 0 unspecified atom stereocenters. The van der Waals surface area contributed by atoms with Gasteiger partial charge in [-0.2, -0.15) is 0 Å². The lowest BCUT2D eigenvalue weighted by Gasteiger charge is -2.62. The molecule has 4 nitrogen and oxygen atoms in total. The van der Waals surface area contributed by atoms with Crippen LogP contribution in [0.2, 0.25) is 0 Å². The van der Waals surface area contributed by atoms with Crippen LogP contribution in [0.5, 0.6) is 0 Å².